The number of hydrogen-bond acceptors (Lipinski definition) is 3. The number of aromatic nitrogens is 2. The second-order valence-corrected chi connectivity index (χ2v) is 4.84. The highest BCUT2D eigenvalue weighted by molar-refractivity contribution is 6.28. The number of amidine groups is 1. The number of imidazole rings is 1. The van der Waals surface area contributed by atoms with E-state index in [0.717, 1.165) is 28.1 Å². The Kier molecular flexibility index (Phi) is 3.50. The largest absolute Gasteiger partial charge is 0.508 e. The number of nitrogens with one attached hydrogen (secondary N) is 1. The average molecular weight is 301 g/mol. The second-order valence-electron chi connectivity index (χ2n) is 4.57. The molecule has 0 spiro atoms. The van der Waals surface area contributed by atoms with E-state index >= 15 is 0 Å². The fourth-order valence-electron chi connectivity index (χ4n) is 2.02. The standard InChI is InChI=1S/C15H13ClN4O/c16-8-14(17)18-10-3-6-12-13(7-10)20-15(19-12)9-1-4-11(21)5-2-9/h1-7,21H,8H2,(H2,17,18)(H,19,20). The Bertz CT molecular complexity index is 808. The number of nitrogens with two attached hydrogens (primary N) is 1. The Balaban J connectivity index is 2.02. The lowest BCUT2D eigenvalue weighted by Gasteiger charge is -1.96. The lowest BCUT2D eigenvalue weighted by Crippen LogP contribution is -2.12. The van der Waals surface area contributed by atoms with Gasteiger partial charge in [0.1, 0.15) is 17.4 Å². The number of phenolic OH excluding ortho intramolecular Hbond substituents is 1. The minimum absolute atomic E-state index is 0.194. The van der Waals surface area contributed by atoms with E-state index in [1.807, 2.05) is 18.2 Å². The van der Waals surface area contributed by atoms with Crippen LogP contribution < -0.4 is 5.73 Å². The van der Waals surface area contributed by atoms with Gasteiger partial charge in [0.25, 0.3) is 0 Å². The molecule has 1 aromatic heterocycles. The van der Waals surface area contributed by atoms with Gasteiger partial charge in [-0.25, -0.2) is 9.98 Å². The highest BCUT2D eigenvalue weighted by atomic mass is 35.5. The molecule has 0 bridgehead atoms. The van der Waals surface area contributed by atoms with Crippen LogP contribution in [0.2, 0.25) is 0 Å². The van der Waals surface area contributed by atoms with Crippen molar-refractivity contribution in [2.45, 2.75) is 0 Å². The summed E-state index contributed by atoms with van der Waals surface area (Å²) in [5, 5.41) is 9.32. The topological polar surface area (TPSA) is 87.3 Å². The van der Waals surface area contributed by atoms with Crippen molar-refractivity contribution in [3.05, 3.63) is 42.5 Å². The van der Waals surface area contributed by atoms with Crippen molar-refractivity contribution >= 4 is 34.2 Å². The van der Waals surface area contributed by atoms with Crippen molar-refractivity contribution in [3.8, 4) is 17.1 Å². The number of rotatable bonds is 3. The molecule has 0 saturated carbocycles. The third-order valence-electron chi connectivity index (χ3n) is 3.02. The van der Waals surface area contributed by atoms with Crippen molar-refractivity contribution < 1.29 is 5.11 Å². The molecule has 6 heteroatoms. The molecule has 3 rings (SSSR count). The maximum absolute atomic E-state index is 9.32. The first-order valence-corrected chi connectivity index (χ1v) is 6.87. The van der Waals surface area contributed by atoms with Crippen LogP contribution >= 0.6 is 11.6 Å². The number of aliphatic imine (C=N–C) groups is 1. The maximum atomic E-state index is 9.32. The molecule has 3 aromatic rings. The smallest absolute Gasteiger partial charge is 0.138 e. The third-order valence-corrected chi connectivity index (χ3v) is 3.29. The molecule has 0 fully saturated rings. The number of aromatic hydroxyl groups is 1. The lowest BCUT2D eigenvalue weighted by atomic mass is 10.2. The summed E-state index contributed by atoms with van der Waals surface area (Å²) in [7, 11) is 0. The zero-order valence-corrected chi connectivity index (χ0v) is 11.8. The van der Waals surface area contributed by atoms with E-state index in [1.165, 1.54) is 0 Å². The molecule has 0 aliphatic rings. The molecule has 0 unspecified atom stereocenters. The van der Waals surface area contributed by atoms with E-state index in [9.17, 15) is 5.11 Å². The number of aromatic amines is 1. The quantitative estimate of drug-likeness (QED) is 0.394. The van der Waals surface area contributed by atoms with E-state index in [2.05, 4.69) is 15.0 Å². The van der Waals surface area contributed by atoms with Crippen LogP contribution in [0.4, 0.5) is 5.69 Å². The van der Waals surface area contributed by atoms with Gasteiger partial charge in [-0.1, -0.05) is 0 Å². The van der Waals surface area contributed by atoms with Gasteiger partial charge in [0.05, 0.1) is 22.6 Å². The van der Waals surface area contributed by atoms with Gasteiger partial charge in [-0.15, -0.1) is 11.6 Å². The normalized spacial score (nSPS) is 12.0. The zero-order chi connectivity index (χ0) is 14.8. The van der Waals surface area contributed by atoms with Crippen molar-refractivity contribution in [2.75, 3.05) is 5.88 Å². The minimum atomic E-state index is 0.194. The van der Waals surface area contributed by atoms with Crippen LogP contribution in [0, 0.1) is 0 Å². The summed E-state index contributed by atoms with van der Waals surface area (Å²) in [6.45, 7) is 0. The number of fused-ring (bicyclic) bond motifs is 1. The van der Waals surface area contributed by atoms with Gasteiger partial charge in [0.2, 0.25) is 0 Å². The number of benzene rings is 2. The predicted molar refractivity (Wildman–Crippen MR) is 85.2 cm³/mol. The number of H-pyrrole nitrogens is 1. The first kappa shape index (κ1) is 13.5. The van der Waals surface area contributed by atoms with Crippen molar-refractivity contribution in [3.63, 3.8) is 0 Å². The second kappa shape index (κ2) is 5.46. The summed E-state index contributed by atoms with van der Waals surface area (Å²) in [4.78, 5) is 11.9. The molecule has 0 amide bonds. The van der Waals surface area contributed by atoms with E-state index in [4.69, 9.17) is 17.3 Å². The van der Waals surface area contributed by atoms with Gasteiger partial charge < -0.3 is 15.8 Å². The third kappa shape index (κ3) is 2.83. The van der Waals surface area contributed by atoms with Gasteiger partial charge in [-0.2, -0.15) is 0 Å². The van der Waals surface area contributed by atoms with Crippen LogP contribution in [-0.4, -0.2) is 26.8 Å². The fraction of sp³-hybridized carbons (Fsp3) is 0.0667. The van der Waals surface area contributed by atoms with E-state index in [0.29, 0.717) is 5.84 Å². The lowest BCUT2D eigenvalue weighted by molar-refractivity contribution is 0.475. The molecule has 4 N–H and O–H groups in total. The molecule has 21 heavy (non-hydrogen) atoms. The van der Waals surface area contributed by atoms with Crippen LogP contribution in [-0.2, 0) is 0 Å². The van der Waals surface area contributed by atoms with E-state index < -0.39 is 0 Å². The molecule has 5 nitrogen and oxygen atoms in total. The molecule has 106 valence electrons. The van der Waals surface area contributed by atoms with Crippen molar-refractivity contribution in [1.29, 1.82) is 0 Å². The molecule has 0 radical (unpaired) electrons. The zero-order valence-electron chi connectivity index (χ0n) is 11.0. The molecule has 0 saturated heterocycles. The molecular formula is C15H13ClN4O. The Labute approximate surface area is 126 Å². The van der Waals surface area contributed by atoms with Gasteiger partial charge in [-0.05, 0) is 42.5 Å². The number of halogens is 1. The van der Waals surface area contributed by atoms with Gasteiger partial charge in [-0.3, -0.25) is 0 Å². The van der Waals surface area contributed by atoms with Gasteiger partial charge >= 0.3 is 0 Å². The Hall–Kier alpha value is -2.53. The summed E-state index contributed by atoms with van der Waals surface area (Å²) in [6, 6.07) is 12.4. The summed E-state index contributed by atoms with van der Waals surface area (Å²) in [6.07, 6.45) is 0. The molecule has 2 aromatic carbocycles. The number of phenols is 1. The summed E-state index contributed by atoms with van der Waals surface area (Å²) >= 11 is 5.62. The highest BCUT2D eigenvalue weighted by Gasteiger charge is 2.06. The van der Waals surface area contributed by atoms with E-state index in [1.54, 1.807) is 24.3 Å². The Morgan fingerprint density at radius 2 is 2.00 bits per heavy atom. The molecule has 0 aliphatic heterocycles. The highest BCUT2D eigenvalue weighted by Crippen LogP contribution is 2.25. The molecule has 0 aliphatic carbocycles. The first-order chi connectivity index (χ1) is 10.2. The van der Waals surface area contributed by atoms with Crippen LogP contribution in [0.5, 0.6) is 5.75 Å². The summed E-state index contributed by atoms with van der Waals surface area (Å²) in [5.74, 6) is 1.52. The maximum Gasteiger partial charge on any atom is 0.138 e. The van der Waals surface area contributed by atoms with Gasteiger partial charge in [0.15, 0.2) is 0 Å². The average Bonchev–Trinajstić information content (AvgIpc) is 2.91. The van der Waals surface area contributed by atoms with Crippen LogP contribution in [0.3, 0.4) is 0 Å². The van der Waals surface area contributed by atoms with Crippen molar-refractivity contribution in [1.82, 2.24) is 9.97 Å². The predicted octanol–water partition coefficient (Wildman–Crippen LogP) is 3.16. The van der Waals surface area contributed by atoms with Crippen LogP contribution in [0.15, 0.2) is 47.5 Å². The molecular weight excluding hydrogens is 288 g/mol. The first-order valence-electron chi connectivity index (χ1n) is 6.34. The van der Waals surface area contributed by atoms with Crippen molar-refractivity contribution in [2.24, 2.45) is 10.7 Å². The van der Waals surface area contributed by atoms with Crippen LogP contribution in [0.25, 0.3) is 22.4 Å². The van der Waals surface area contributed by atoms with Gasteiger partial charge in [0, 0.05) is 5.56 Å². The Morgan fingerprint density at radius 3 is 2.71 bits per heavy atom. The fourth-order valence-corrected chi connectivity index (χ4v) is 2.08. The summed E-state index contributed by atoms with van der Waals surface area (Å²) in [5.41, 5.74) is 8.95. The Morgan fingerprint density at radius 1 is 1.24 bits per heavy atom. The van der Waals surface area contributed by atoms with Crippen LogP contribution in [0.1, 0.15) is 0 Å². The number of nitrogens with zero attached hydrogens (tertiary/aromatic N) is 2. The minimum Gasteiger partial charge on any atom is -0.508 e. The number of alkyl halides is 1. The number of hydrogen-bond donors (Lipinski definition) is 3. The SMILES string of the molecule is NC(CCl)=Nc1ccc2nc(-c3ccc(O)cc3)[nH]c2c1. The summed E-state index contributed by atoms with van der Waals surface area (Å²) < 4.78 is 0. The molecule has 0 atom stereocenters. The molecule has 1 heterocycles. The van der Waals surface area contributed by atoms with E-state index in [-0.39, 0.29) is 11.6 Å². The monoisotopic (exact) mass is 300 g/mol.